The van der Waals surface area contributed by atoms with Gasteiger partial charge in [-0.2, -0.15) is 0 Å². The van der Waals surface area contributed by atoms with Gasteiger partial charge in [0.15, 0.2) is 5.78 Å². The average molecular weight is 377 g/mol. The number of aryl methyl sites for hydroxylation is 1. The maximum absolute atomic E-state index is 12.3. The highest BCUT2D eigenvalue weighted by atomic mass is 35.5. The molecule has 25 heavy (non-hydrogen) atoms. The topological polar surface area (TPSA) is 40.6 Å². The molecule has 0 N–H and O–H groups in total. The van der Waals surface area contributed by atoms with Crippen LogP contribution >= 0.6 is 22.9 Å². The van der Waals surface area contributed by atoms with Crippen molar-refractivity contribution < 1.29 is 9.59 Å². The zero-order valence-electron chi connectivity index (χ0n) is 14.0. The molecule has 0 atom stereocenters. The van der Waals surface area contributed by atoms with E-state index in [4.69, 9.17) is 11.6 Å². The number of hydrogen-bond donors (Lipinski definition) is 0. The molecule has 0 aliphatic carbocycles. The molecule has 6 heteroatoms. The van der Waals surface area contributed by atoms with Gasteiger partial charge < -0.3 is 4.90 Å². The number of benzene rings is 1. The summed E-state index contributed by atoms with van der Waals surface area (Å²) in [5.41, 5.74) is 0.679. The number of thiophene rings is 1. The van der Waals surface area contributed by atoms with Crippen molar-refractivity contribution >= 4 is 34.6 Å². The number of nitrogens with zero attached hydrogens (tertiary/aromatic N) is 2. The first-order valence-electron chi connectivity index (χ1n) is 8.43. The largest absolute Gasteiger partial charge is 0.340 e. The second-order valence-corrected chi connectivity index (χ2v) is 7.64. The SMILES string of the molecule is O=C(CN1CCN(C(=O)CCc2cccs2)CC1)c1ccc(Cl)cc1. The minimum absolute atomic E-state index is 0.0918. The molecule has 2 aromatic rings. The predicted molar refractivity (Wildman–Crippen MR) is 101 cm³/mol. The van der Waals surface area contributed by atoms with E-state index < -0.39 is 0 Å². The molecule has 1 amide bonds. The van der Waals surface area contributed by atoms with E-state index in [1.165, 1.54) is 4.88 Å². The third kappa shape index (κ3) is 5.14. The summed E-state index contributed by atoms with van der Waals surface area (Å²) < 4.78 is 0. The number of rotatable bonds is 6. The van der Waals surface area contributed by atoms with Gasteiger partial charge in [-0.1, -0.05) is 17.7 Å². The highest BCUT2D eigenvalue weighted by molar-refractivity contribution is 7.09. The van der Waals surface area contributed by atoms with Crippen LogP contribution in [0.15, 0.2) is 41.8 Å². The maximum atomic E-state index is 12.3. The number of carbonyl (C=O) groups excluding carboxylic acids is 2. The highest BCUT2D eigenvalue weighted by Gasteiger charge is 2.22. The van der Waals surface area contributed by atoms with E-state index in [-0.39, 0.29) is 11.7 Å². The van der Waals surface area contributed by atoms with Crippen molar-refractivity contribution in [1.82, 2.24) is 9.80 Å². The number of Topliss-reactive ketones (excluding diaryl/α,β-unsaturated/α-hetero) is 1. The summed E-state index contributed by atoms with van der Waals surface area (Å²) in [6.45, 7) is 3.25. The summed E-state index contributed by atoms with van der Waals surface area (Å²) >= 11 is 7.55. The van der Waals surface area contributed by atoms with Crippen LogP contribution in [0.2, 0.25) is 5.02 Å². The van der Waals surface area contributed by atoms with Crippen molar-refractivity contribution in [2.75, 3.05) is 32.7 Å². The smallest absolute Gasteiger partial charge is 0.223 e. The Morgan fingerprint density at radius 3 is 2.40 bits per heavy atom. The van der Waals surface area contributed by atoms with Gasteiger partial charge in [-0.25, -0.2) is 0 Å². The van der Waals surface area contributed by atoms with Crippen LogP contribution in [0.5, 0.6) is 0 Å². The Labute approximate surface area is 157 Å². The van der Waals surface area contributed by atoms with Gasteiger partial charge >= 0.3 is 0 Å². The summed E-state index contributed by atoms with van der Waals surface area (Å²) in [6, 6.07) is 11.1. The van der Waals surface area contributed by atoms with Crippen LogP contribution in [0.25, 0.3) is 0 Å². The number of halogens is 1. The minimum Gasteiger partial charge on any atom is -0.340 e. The molecule has 0 bridgehead atoms. The van der Waals surface area contributed by atoms with E-state index in [1.54, 1.807) is 35.6 Å². The Morgan fingerprint density at radius 1 is 1.04 bits per heavy atom. The van der Waals surface area contributed by atoms with Crippen molar-refractivity contribution in [2.45, 2.75) is 12.8 Å². The second-order valence-electron chi connectivity index (χ2n) is 6.17. The minimum atomic E-state index is 0.0918. The van der Waals surface area contributed by atoms with E-state index in [1.807, 2.05) is 16.3 Å². The predicted octanol–water partition coefficient (Wildman–Crippen LogP) is 3.36. The van der Waals surface area contributed by atoms with Crippen LogP contribution in [-0.2, 0) is 11.2 Å². The molecule has 3 rings (SSSR count). The molecule has 1 fully saturated rings. The summed E-state index contributed by atoms with van der Waals surface area (Å²) in [4.78, 5) is 29.9. The number of hydrogen-bond acceptors (Lipinski definition) is 4. The quantitative estimate of drug-likeness (QED) is 0.726. The van der Waals surface area contributed by atoms with Gasteiger partial charge in [-0.15, -0.1) is 11.3 Å². The van der Waals surface area contributed by atoms with Gasteiger partial charge in [-0.05, 0) is 42.1 Å². The molecule has 0 unspecified atom stereocenters. The van der Waals surface area contributed by atoms with Gasteiger partial charge in [0, 0.05) is 48.1 Å². The highest BCUT2D eigenvalue weighted by Crippen LogP contribution is 2.14. The van der Waals surface area contributed by atoms with Gasteiger partial charge in [0.25, 0.3) is 0 Å². The van der Waals surface area contributed by atoms with Crippen molar-refractivity contribution in [1.29, 1.82) is 0 Å². The fraction of sp³-hybridized carbons (Fsp3) is 0.368. The molecule has 1 aromatic carbocycles. The Morgan fingerprint density at radius 2 is 1.76 bits per heavy atom. The molecule has 1 aromatic heterocycles. The lowest BCUT2D eigenvalue weighted by Gasteiger charge is -2.34. The molecule has 4 nitrogen and oxygen atoms in total. The van der Waals surface area contributed by atoms with Crippen LogP contribution in [0, 0.1) is 0 Å². The van der Waals surface area contributed by atoms with E-state index in [0.717, 1.165) is 19.5 Å². The molecular formula is C19H21ClN2O2S. The van der Waals surface area contributed by atoms with E-state index in [0.29, 0.717) is 36.6 Å². The van der Waals surface area contributed by atoms with Gasteiger partial charge in [0.1, 0.15) is 0 Å². The number of ketones is 1. The Balaban J connectivity index is 1.42. The normalized spacial score (nSPS) is 15.3. The van der Waals surface area contributed by atoms with Gasteiger partial charge in [-0.3, -0.25) is 14.5 Å². The van der Waals surface area contributed by atoms with E-state index in [2.05, 4.69) is 11.0 Å². The molecule has 132 valence electrons. The molecule has 0 radical (unpaired) electrons. The number of piperazine rings is 1. The Kier molecular flexibility index (Phi) is 6.24. The summed E-state index contributed by atoms with van der Waals surface area (Å²) in [6.07, 6.45) is 1.37. The van der Waals surface area contributed by atoms with Gasteiger partial charge in [0.05, 0.1) is 6.54 Å². The molecule has 0 saturated carbocycles. The Hall–Kier alpha value is -1.69. The number of amides is 1. The van der Waals surface area contributed by atoms with Crippen LogP contribution in [-0.4, -0.2) is 54.2 Å². The van der Waals surface area contributed by atoms with Crippen molar-refractivity contribution in [3.63, 3.8) is 0 Å². The zero-order chi connectivity index (χ0) is 17.6. The summed E-state index contributed by atoms with van der Waals surface area (Å²) in [5.74, 6) is 0.297. The fourth-order valence-corrected chi connectivity index (χ4v) is 3.76. The summed E-state index contributed by atoms with van der Waals surface area (Å²) in [7, 11) is 0. The molecule has 0 spiro atoms. The Bertz CT molecular complexity index is 708. The third-order valence-corrected chi connectivity index (χ3v) is 5.61. The molecule has 1 aliphatic rings. The molecular weight excluding hydrogens is 356 g/mol. The zero-order valence-corrected chi connectivity index (χ0v) is 15.6. The maximum Gasteiger partial charge on any atom is 0.223 e. The van der Waals surface area contributed by atoms with Crippen LogP contribution in [0.1, 0.15) is 21.7 Å². The monoisotopic (exact) mass is 376 g/mol. The lowest BCUT2D eigenvalue weighted by molar-refractivity contribution is -0.132. The van der Waals surface area contributed by atoms with Crippen LogP contribution < -0.4 is 0 Å². The average Bonchev–Trinajstić information content (AvgIpc) is 3.14. The van der Waals surface area contributed by atoms with Crippen LogP contribution in [0.3, 0.4) is 0 Å². The molecule has 1 aliphatic heterocycles. The van der Waals surface area contributed by atoms with E-state index in [9.17, 15) is 9.59 Å². The lowest BCUT2D eigenvalue weighted by Crippen LogP contribution is -2.49. The summed E-state index contributed by atoms with van der Waals surface area (Å²) in [5, 5.41) is 2.67. The second kappa shape index (κ2) is 8.61. The first-order chi connectivity index (χ1) is 12.1. The first-order valence-corrected chi connectivity index (χ1v) is 9.69. The lowest BCUT2D eigenvalue weighted by atomic mass is 10.1. The molecule has 1 saturated heterocycles. The van der Waals surface area contributed by atoms with Gasteiger partial charge in [0.2, 0.25) is 5.91 Å². The first kappa shape index (κ1) is 18.1. The van der Waals surface area contributed by atoms with E-state index >= 15 is 0 Å². The van der Waals surface area contributed by atoms with Crippen molar-refractivity contribution in [3.05, 3.63) is 57.2 Å². The fourth-order valence-electron chi connectivity index (χ4n) is 2.93. The van der Waals surface area contributed by atoms with Crippen molar-refractivity contribution in [3.8, 4) is 0 Å². The standard InChI is InChI=1S/C19H21ClN2O2S/c20-16-5-3-15(4-6-16)18(23)14-21-9-11-22(12-10-21)19(24)8-7-17-2-1-13-25-17/h1-6,13H,7-12,14H2. The van der Waals surface area contributed by atoms with Crippen molar-refractivity contribution in [2.24, 2.45) is 0 Å². The third-order valence-electron chi connectivity index (χ3n) is 4.42. The van der Waals surface area contributed by atoms with Crippen LogP contribution in [0.4, 0.5) is 0 Å². The number of carbonyl (C=O) groups is 2. The molecule has 2 heterocycles.